The maximum atomic E-state index is 12.2. The van der Waals surface area contributed by atoms with Gasteiger partial charge in [-0.15, -0.1) is 0 Å². The van der Waals surface area contributed by atoms with Crippen molar-refractivity contribution in [1.82, 2.24) is 20.0 Å². The molecule has 1 aliphatic rings. The Bertz CT molecular complexity index is 469. The lowest BCUT2D eigenvalue weighted by molar-refractivity contribution is -0.123. The van der Waals surface area contributed by atoms with E-state index in [0.29, 0.717) is 19.1 Å². The van der Waals surface area contributed by atoms with Crippen LogP contribution >= 0.6 is 0 Å². The zero-order chi connectivity index (χ0) is 15.2. The first-order valence-corrected chi connectivity index (χ1v) is 8.17. The van der Waals surface area contributed by atoms with Gasteiger partial charge in [-0.2, -0.15) is 5.10 Å². The topological polar surface area (TPSA) is 50.2 Å². The first-order valence-electron chi connectivity index (χ1n) is 8.17. The van der Waals surface area contributed by atoms with Crippen LogP contribution < -0.4 is 5.32 Å². The molecular weight excluding hydrogens is 264 g/mol. The second-order valence-corrected chi connectivity index (χ2v) is 5.90. The lowest BCUT2D eigenvalue weighted by atomic mass is 10.0. The van der Waals surface area contributed by atoms with Crippen molar-refractivity contribution < 1.29 is 4.79 Å². The summed E-state index contributed by atoms with van der Waals surface area (Å²) in [5.74, 6) is 0.124. The highest BCUT2D eigenvalue weighted by Crippen LogP contribution is 2.18. The molecule has 0 saturated carbocycles. The molecule has 2 heterocycles. The molecular formula is C16H28N4O. The second-order valence-electron chi connectivity index (χ2n) is 5.90. The molecule has 21 heavy (non-hydrogen) atoms. The molecule has 0 bridgehead atoms. The van der Waals surface area contributed by atoms with Gasteiger partial charge >= 0.3 is 0 Å². The third kappa shape index (κ3) is 4.30. The van der Waals surface area contributed by atoms with Crippen LogP contribution in [0.4, 0.5) is 0 Å². The Morgan fingerprint density at radius 3 is 2.90 bits per heavy atom. The lowest BCUT2D eigenvalue weighted by Crippen LogP contribution is -2.45. The number of hydrogen-bond donors (Lipinski definition) is 1. The minimum absolute atomic E-state index is 0.124. The average Bonchev–Trinajstić information content (AvgIpc) is 2.86. The lowest BCUT2D eigenvalue weighted by Gasteiger charge is -2.34. The molecule has 1 aromatic rings. The zero-order valence-corrected chi connectivity index (χ0v) is 13.6. The summed E-state index contributed by atoms with van der Waals surface area (Å²) in [7, 11) is 0. The standard InChI is InChI=1S/C16H28N4O/c1-4-15-8-6-7-9-19(15)12-16(21)17-10-14-11-20(5-2)18-13(14)3/h11,15H,4-10,12H2,1-3H3,(H,17,21). The number of hydrogen-bond acceptors (Lipinski definition) is 3. The van der Waals surface area contributed by atoms with Crippen molar-refractivity contribution in [2.45, 2.75) is 65.6 Å². The molecule has 1 N–H and O–H groups in total. The molecule has 2 rings (SSSR count). The monoisotopic (exact) mass is 292 g/mol. The number of carbonyl (C=O) groups excluding carboxylic acids is 1. The van der Waals surface area contributed by atoms with Gasteiger partial charge in [0, 0.05) is 30.9 Å². The van der Waals surface area contributed by atoms with Gasteiger partial charge in [0.2, 0.25) is 5.91 Å². The van der Waals surface area contributed by atoms with E-state index in [1.807, 2.05) is 17.8 Å². The van der Waals surface area contributed by atoms with Gasteiger partial charge in [0.25, 0.3) is 0 Å². The Hall–Kier alpha value is -1.36. The highest BCUT2D eigenvalue weighted by atomic mass is 16.2. The van der Waals surface area contributed by atoms with Gasteiger partial charge < -0.3 is 5.32 Å². The molecule has 0 aliphatic carbocycles. The van der Waals surface area contributed by atoms with Crippen LogP contribution in [0.15, 0.2) is 6.20 Å². The average molecular weight is 292 g/mol. The van der Waals surface area contributed by atoms with E-state index in [0.717, 1.165) is 30.8 Å². The Balaban J connectivity index is 1.82. The highest BCUT2D eigenvalue weighted by Gasteiger charge is 2.22. The SMILES string of the molecule is CCC1CCCCN1CC(=O)NCc1cn(CC)nc1C. The Morgan fingerprint density at radius 1 is 1.43 bits per heavy atom. The van der Waals surface area contributed by atoms with E-state index in [-0.39, 0.29) is 5.91 Å². The summed E-state index contributed by atoms with van der Waals surface area (Å²) < 4.78 is 1.91. The fourth-order valence-corrected chi connectivity index (χ4v) is 3.06. The fraction of sp³-hybridized carbons (Fsp3) is 0.750. The van der Waals surface area contributed by atoms with Crippen molar-refractivity contribution >= 4 is 5.91 Å². The number of likely N-dealkylation sites (tertiary alicyclic amines) is 1. The van der Waals surface area contributed by atoms with E-state index in [1.165, 1.54) is 19.3 Å². The largest absolute Gasteiger partial charge is 0.351 e. The molecule has 1 aliphatic heterocycles. The van der Waals surface area contributed by atoms with E-state index in [4.69, 9.17) is 0 Å². The van der Waals surface area contributed by atoms with E-state index in [2.05, 4.69) is 29.2 Å². The first-order chi connectivity index (χ1) is 10.1. The number of piperidine rings is 1. The molecule has 1 fully saturated rings. The van der Waals surface area contributed by atoms with Crippen LogP contribution in [0.3, 0.4) is 0 Å². The maximum absolute atomic E-state index is 12.2. The molecule has 1 saturated heterocycles. The Kier molecular flexibility index (Phi) is 5.79. The predicted octanol–water partition coefficient (Wildman–Crippen LogP) is 2.09. The number of aryl methyl sites for hydroxylation is 2. The summed E-state index contributed by atoms with van der Waals surface area (Å²) in [4.78, 5) is 14.5. The minimum atomic E-state index is 0.124. The van der Waals surface area contributed by atoms with Crippen LogP contribution in [0.2, 0.25) is 0 Å². The van der Waals surface area contributed by atoms with E-state index >= 15 is 0 Å². The van der Waals surface area contributed by atoms with Crippen LogP contribution in [0, 0.1) is 6.92 Å². The van der Waals surface area contributed by atoms with Gasteiger partial charge in [0.15, 0.2) is 0 Å². The number of aromatic nitrogens is 2. The van der Waals surface area contributed by atoms with Crippen LogP contribution in [0.5, 0.6) is 0 Å². The quantitative estimate of drug-likeness (QED) is 0.873. The van der Waals surface area contributed by atoms with Crippen molar-refractivity contribution in [1.29, 1.82) is 0 Å². The van der Waals surface area contributed by atoms with Gasteiger partial charge in [-0.1, -0.05) is 13.3 Å². The summed E-state index contributed by atoms with van der Waals surface area (Å²) in [5, 5.41) is 7.44. The number of nitrogens with zero attached hydrogens (tertiary/aromatic N) is 3. The van der Waals surface area contributed by atoms with E-state index in [1.54, 1.807) is 0 Å². The molecule has 5 heteroatoms. The van der Waals surface area contributed by atoms with Gasteiger partial charge in [0.05, 0.1) is 12.2 Å². The van der Waals surface area contributed by atoms with Crippen LogP contribution in [0.25, 0.3) is 0 Å². The normalized spacial score (nSPS) is 19.7. The summed E-state index contributed by atoms with van der Waals surface area (Å²) >= 11 is 0. The van der Waals surface area contributed by atoms with E-state index in [9.17, 15) is 4.79 Å². The predicted molar refractivity (Wildman–Crippen MR) is 84.0 cm³/mol. The van der Waals surface area contributed by atoms with Crippen LogP contribution in [-0.2, 0) is 17.9 Å². The molecule has 1 unspecified atom stereocenters. The molecule has 1 atom stereocenters. The van der Waals surface area contributed by atoms with Gasteiger partial charge in [0.1, 0.15) is 0 Å². The number of nitrogens with one attached hydrogen (secondary N) is 1. The summed E-state index contributed by atoms with van der Waals surface area (Å²) in [6.45, 7) is 9.29. The van der Waals surface area contributed by atoms with Crippen LogP contribution in [-0.4, -0.2) is 39.7 Å². The van der Waals surface area contributed by atoms with Crippen LogP contribution in [0.1, 0.15) is 50.8 Å². The number of amides is 1. The smallest absolute Gasteiger partial charge is 0.234 e. The molecule has 118 valence electrons. The molecule has 0 radical (unpaired) electrons. The zero-order valence-electron chi connectivity index (χ0n) is 13.6. The molecule has 5 nitrogen and oxygen atoms in total. The van der Waals surface area contributed by atoms with Gasteiger partial charge in [-0.3, -0.25) is 14.4 Å². The highest BCUT2D eigenvalue weighted by molar-refractivity contribution is 5.78. The third-order valence-electron chi connectivity index (χ3n) is 4.42. The Labute approximate surface area is 127 Å². The van der Waals surface area contributed by atoms with E-state index < -0.39 is 0 Å². The summed E-state index contributed by atoms with van der Waals surface area (Å²) in [6.07, 6.45) is 6.89. The minimum Gasteiger partial charge on any atom is -0.351 e. The first kappa shape index (κ1) is 16.0. The molecule has 1 aromatic heterocycles. The molecule has 1 amide bonds. The van der Waals surface area contributed by atoms with Gasteiger partial charge in [-0.05, 0) is 39.7 Å². The third-order valence-corrected chi connectivity index (χ3v) is 4.42. The molecule has 0 aromatic carbocycles. The fourth-order valence-electron chi connectivity index (χ4n) is 3.06. The second kappa shape index (κ2) is 7.59. The summed E-state index contributed by atoms with van der Waals surface area (Å²) in [6, 6.07) is 0.578. The summed E-state index contributed by atoms with van der Waals surface area (Å²) in [5.41, 5.74) is 2.11. The van der Waals surface area contributed by atoms with Gasteiger partial charge in [-0.25, -0.2) is 0 Å². The number of carbonyl (C=O) groups is 1. The molecule has 0 spiro atoms. The maximum Gasteiger partial charge on any atom is 0.234 e. The number of rotatable bonds is 6. The van der Waals surface area contributed by atoms with Crippen molar-refractivity contribution in [2.75, 3.05) is 13.1 Å². The van der Waals surface area contributed by atoms with Crippen molar-refractivity contribution in [2.24, 2.45) is 0 Å². The van der Waals surface area contributed by atoms with Crippen molar-refractivity contribution in [3.05, 3.63) is 17.5 Å². The van der Waals surface area contributed by atoms with Crippen molar-refractivity contribution in [3.8, 4) is 0 Å². The Morgan fingerprint density at radius 2 is 2.24 bits per heavy atom. The van der Waals surface area contributed by atoms with Crippen molar-refractivity contribution in [3.63, 3.8) is 0 Å².